The van der Waals surface area contributed by atoms with E-state index < -0.39 is 0 Å². The van der Waals surface area contributed by atoms with Gasteiger partial charge in [0.05, 0.1) is 24.1 Å². The standard InChI is InChI=1S/C11H20N2O2S/c1-2-7-15-8-5-10(14)13-6-3-4-9(13)11(12)16/h9H,2-8H2,1H3,(H2,12,16). The summed E-state index contributed by atoms with van der Waals surface area (Å²) in [6.07, 6.45) is 3.30. The van der Waals surface area contributed by atoms with Gasteiger partial charge in [0.2, 0.25) is 5.91 Å². The zero-order chi connectivity index (χ0) is 12.0. The minimum absolute atomic E-state index is 0.0336. The Balaban J connectivity index is 2.32. The molecule has 16 heavy (non-hydrogen) atoms. The number of carbonyl (C=O) groups excluding carboxylic acids is 1. The fraction of sp³-hybridized carbons (Fsp3) is 0.818. The van der Waals surface area contributed by atoms with Gasteiger partial charge < -0.3 is 15.4 Å². The van der Waals surface area contributed by atoms with E-state index in [0.717, 1.165) is 25.8 Å². The number of nitrogens with zero attached hydrogens (tertiary/aromatic N) is 1. The summed E-state index contributed by atoms with van der Waals surface area (Å²) >= 11 is 4.96. The molecule has 0 bridgehead atoms. The highest BCUT2D eigenvalue weighted by Gasteiger charge is 2.29. The predicted molar refractivity (Wildman–Crippen MR) is 67.2 cm³/mol. The third kappa shape index (κ3) is 3.72. The van der Waals surface area contributed by atoms with Gasteiger partial charge in [-0.3, -0.25) is 4.79 Å². The van der Waals surface area contributed by atoms with Crippen LogP contribution in [-0.2, 0) is 9.53 Å². The maximum absolute atomic E-state index is 11.9. The monoisotopic (exact) mass is 244 g/mol. The first-order chi connectivity index (χ1) is 7.66. The molecule has 0 saturated carbocycles. The van der Waals surface area contributed by atoms with Crippen molar-refractivity contribution in [2.45, 2.75) is 38.6 Å². The molecule has 5 heteroatoms. The molecule has 0 spiro atoms. The Morgan fingerprint density at radius 1 is 1.56 bits per heavy atom. The molecule has 1 fully saturated rings. The fourth-order valence-electron chi connectivity index (χ4n) is 1.91. The minimum atomic E-state index is -0.0336. The molecule has 1 amide bonds. The molecular weight excluding hydrogens is 224 g/mol. The molecule has 0 aromatic heterocycles. The minimum Gasteiger partial charge on any atom is -0.392 e. The molecule has 1 unspecified atom stereocenters. The number of amides is 1. The number of rotatable bonds is 6. The highest BCUT2D eigenvalue weighted by molar-refractivity contribution is 7.80. The van der Waals surface area contributed by atoms with Crippen molar-refractivity contribution >= 4 is 23.1 Å². The van der Waals surface area contributed by atoms with Gasteiger partial charge in [0.15, 0.2) is 0 Å². The molecule has 0 aromatic carbocycles. The highest BCUT2D eigenvalue weighted by Crippen LogP contribution is 2.18. The Morgan fingerprint density at radius 2 is 2.31 bits per heavy atom. The van der Waals surface area contributed by atoms with Crippen molar-refractivity contribution in [2.75, 3.05) is 19.8 Å². The van der Waals surface area contributed by atoms with Crippen LogP contribution in [0.3, 0.4) is 0 Å². The van der Waals surface area contributed by atoms with Crippen LogP contribution in [0.25, 0.3) is 0 Å². The third-order valence-electron chi connectivity index (χ3n) is 2.71. The van der Waals surface area contributed by atoms with Gasteiger partial charge in [0.25, 0.3) is 0 Å². The van der Waals surface area contributed by atoms with Crippen molar-refractivity contribution in [3.05, 3.63) is 0 Å². The maximum atomic E-state index is 11.9. The van der Waals surface area contributed by atoms with Gasteiger partial charge in [-0.05, 0) is 19.3 Å². The van der Waals surface area contributed by atoms with E-state index in [1.807, 2.05) is 6.92 Å². The molecule has 1 aliphatic heterocycles. The average Bonchev–Trinajstić information content (AvgIpc) is 2.73. The SMILES string of the molecule is CCCOCCC(=O)N1CCCC1C(N)=S. The summed E-state index contributed by atoms with van der Waals surface area (Å²) in [5.41, 5.74) is 5.61. The van der Waals surface area contributed by atoms with E-state index in [0.29, 0.717) is 24.6 Å². The van der Waals surface area contributed by atoms with E-state index in [1.165, 1.54) is 0 Å². The lowest BCUT2D eigenvalue weighted by atomic mass is 10.2. The molecule has 1 atom stereocenters. The molecule has 1 saturated heterocycles. The van der Waals surface area contributed by atoms with Gasteiger partial charge in [0, 0.05) is 13.2 Å². The number of thiocarbonyl (C=S) groups is 1. The van der Waals surface area contributed by atoms with Crippen molar-refractivity contribution in [3.8, 4) is 0 Å². The molecule has 1 rings (SSSR count). The van der Waals surface area contributed by atoms with Crippen LogP contribution in [0, 0.1) is 0 Å². The lowest BCUT2D eigenvalue weighted by molar-refractivity contribution is -0.132. The van der Waals surface area contributed by atoms with Gasteiger partial charge in [0.1, 0.15) is 0 Å². The number of ether oxygens (including phenoxy) is 1. The van der Waals surface area contributed by atoms with Crippen LogP contribution in [0.1, 0.15) is 32.6 Å². The van der Waals surface area contributed by atoms with Crippen LogP contribution in [0.4, 0.5) is 0 Å². The maximum Gasteiger partial charge on any atom is 0.225 e. The number of carbonyl (C=O) groups is 1. The van der Waals surface area contributed by atoms with E-state index in [2.05, 4.69) is 0 Å². The first-order valence-electron chi connectivity index (χ1n) is 5.83. The van der Waals surface area contributed by atoms with E-state index in [9.17, 15) is 4.79 Å². The van der Waals surface area contributed by atoms with Gasteiger partial charge >= 0.3 is 0 Å². The summed E-state index contributed by atoms with van der Waals surface area (Å²) < 4.78 is 5.30. The van der Waals surface area contributed by atoms with Crippen LogP contribution in [-0.4, -0.2) is 41.6 Å². The van der Waals surface area contributed by atoms with Crippen LogP contribution in [0.5, 0.6) is 0 Å². The lowest BCUT2D eigenvalue weighted by Gasteiger charge is -2.23. The zero-order valence-corrected chi connectivity index (χ0v) is 10.6. The summed E-state index contributed by atoms with van der Waals surface area (Å²) in [7, 11) is 0. The second-order valence-corrected chi connectivity index (χ2v) is 4.48. The van der Waals surface area contributed by atoms with Gasteiger partial charge in [-0.1, -0.05) is 19.1 Å². The smallest absolute Gasteiger partial charge is 0.225 e. The summed E-state index contributed by atoms with van der Waals surface area (Å²) in [5.74, 6) is 0.103. The molecule has 2 N–H and O–H groups in total. The Hall–Kier alpha value is -0.680. The lowest BCUT2D eigenvalue weighted by Crippen LogP contribution is -2.43. The average molecular weight is 244 g/mol. The Kier molecular flexibility index (Phi) is 5.69. The van der Waals surface area contributed by atoms with E-state index in [4.69, 9.17) is 22.7 Å². The fourth-order valence-corrected chi connectivity index (χ4v) is 2.16. The predicted octanol–water partition coefficient (Wildman–Crippen LogP) is 1.08. The molecular formula is C11H20N2O2S. The Labute approximate surface area is 102 Å². The first kappa shape index (κ1) is 13.4. The van der Waals surface area contributed by atoms with Crippen molar-refractivity contribution in [1.82, 2.24) is 4.90 Å². The van der Waals surface area contributed by atoms with E-state index >= 15 is 0 Å². The number of likely N-dealkylation sites (tertiary alicyclic amines) is 1. The summed E-state index contributed by atoms with van der Waals surface area (Å²) in [5, 5.41) is 0. The highest BCUT2D eigenvalue weighted by atomic mass is 32.1. The third-order valence-corrected chi connectivity index (χ3v) is 2.98. The van der Waals surface area contributed by atoms with Crippen LogP contribution in [0.15, 0.2) is 0 Å². The molecule has 0 radical (unpaired) electrons. The van der Waals surface area contributed by atoms with Crippen LogP contribution < -0.4 is 5.73 Å². The molecule has 0 aromatic rings. The zero-order valence-electron chi connectivity index (χ0n) is 9.78. The quantitative estimate of drug-likeness (QED) is 0.561. The number of hydrogen-bond acceptors (Lipinski definition) is 3. The van der Waals surface area contributed by atoms with Gasteiger partial charge in [-0.15, -0.1) is 0 Å². The molecule has 1 heterocycles. The van der Waals surface area contributed by atoms with Crippen molar-refractivity contribution in [2.24, 2.45) is 5.73 Å². The molecule has 0 aliphatic carbocycles. The summed E-state index contributed by atoms with van der Waals surface area (Å²) in [4.78, 5) is 14.1. The number of nitrogens with two attached hydrogens (primary N) is 1. The molecule has 4 nitrogen and oxygen atoms in total. The van der Waals surface area contributed by atoms with Crippen molar-refractivity contribution < 1.29 is 9.53 Å². The van der Waals surface area contributed by atoms with Crippen molar-refractivity contribution in [3.63, 3.8) is 0 Å². The normalized spacial score (nSPS) is 20.1. The second kappa shape index (κ2) is 6.81. The molecule has 1 aliphatic rings. The topological polar surface area (TPSA) is 55.6 Å². The van der Waals surface area contributed by atoms with Gasteiger partial charge in [-0.25, -0.2) is 0 Å². The van der Waals surface area contributed by atoms with Crippen LogP contribution >= 0.6 is 12.2 Å². The van der Waals surface area contributed by atoms with E-state index in [1.54, 1.807) is 4.90 Å². The summed E-state index contributed by atoms with van der Waals surface area (Å²) in [6, 6.07) is -0.0336. The first-order valence-corrected chi connectivity index (χ1v) is 6.24. The second-order valence-electron chi connectivity index (χ2n) is 4.01. The number of hydrogen-bond donors (Lipinski definition) is 1. The van der Waals surface area contributed by atoms with Crippen molar-refractivity contribution in [1.29, 1.82) is 0 Å². The Morgan fingerprint density at radius 3 is 2.94 bits per heavy atom. The summed E-state index contributed by atoms with van der Waals surface area (Å²) in [6.45, 7) is 4.03. The molecule has 92 valence electrons. The van der Waals surface area contributed by atoms with E-state index in [-0.39, 0.29) is 11.9 Å². The van der Waals surface area contributed by atoms with Crippen LogP contribution in [0.2, 0.25) is 0 Å². The van der Waals surface area contributed by atoms with Gasteiger partial charge in [-0.2, -0.15) is 0 Å². The largest absolute Gasteiger partial charge is 0.392 e. The Bertz CT molecular complexity index is 258.